The number of aromatic amines is 1. The summed E-state index contributed by atoms with van der Waals surface area (Å²) in [7, 11) is 0. The molecule has 0 fully saturated rings. The van der Waals surface area contributed by atoms with E-state index in [0.717, 1.165) is 22.4 Å². The van der Waals surface area contributed by atoms with Crippen LogP contribution in [0.1, 0.15) is 24.2 Å². The highest BCUT2D eigenvalue weighted by molar-refractivity contribution is 5.79. The van der Waals surface area contributed by atoms with Gasteiger partial charge in [-0.3, -0.25) is 0 Å². The highest BCUT2D eigenvalue weighted by Crippen LogP contribution is 2.23. The number of imidazole rings is 1. The minimum Gasteiger partial charge on any atom is -0.396 e. The minimum absolute atomic E-state index is 0.140. The van der Waals surface area contributed by atoms with Crippen LogP contribution < -0.4 is 0 Å². The minimum atomic E-state index is 0.140. The van der Waals surface area contributed by atoms with E-state index in [-0.39, 0.29) is 12.5 Å². The van der Waals surface area contributed by atoms with E-state index in [1.165, 1.54) is 0 Å². The molecule has 0 radical (unpaired) electrons. The zero-order chi connectivity index (χ0) is 10.1. The number of para-hydroxylation sites is 1. The van der Waals surface area contributed by atoms with Gasteiger partial charge in [-0.25, -0.2) is 4.98 Å². The van der Waals surface area contributed by atoms with Gasteiger partial charge in [-0.2, -0.15) is 0 Å². The molecule has 3 heteroatoms. The summed E-state index contributed by atoms with van der Waals surface area (Å²) in [5, 5.41) is 9.12. The Balaban J connectivity index is 2.64. The second-order valence-corrected chi connectivity index (χ2v) is 3.65. The molecule has 3 nitrogen and oxygen atoms in total. The Labute approximate surface area is 82.8 Å². The van der Waals surface area contributed by atoms with Crippen molar-refractivity contribution >= 4 is 11.0 Å². The molecule has 14 heavy (non-hydrogen) atoms. The summed E-state index contributed by atoms with van der Waals surface area (Å²) < 4.78 is 0. The van der Waals surface area contributed by atoms with E-state index in [0.29, 0.717) is 0 Å². The third-order valence-electron chi connectivity index (χ3n) is 2.47. The second-order valence-electron chi connectivity index (χ2n) is 3.65. The van der Waals surface area contributed by atoms with E-state index in [4.69, 9.17) is 5.11 Å². The number of aliphatic hydroxyl groups excluding tert-OH is 1. The highest BCUT2D eigenvalue weighted by Gasteiger charge is 2.10. The number of nitrogens with zero attached hydrogens (tertiary/aromatic N) is 1. The SMILES string of the molecule is Cc1nc2c(C(C)CO)cccc2[nH]1. The molecule has 0 bridgehead atoms. The van der Waals surface area contributed by atoms with Gasteiger partial charge in [0.15, 0.2) is 0 Å². The van der Waals surface area contributed by atoms with Crippen LogP contribution in [0.15, 0.2) is 18.2 Å². The first-order chi connectivity index (χ1) is 6.72. The molecule has 1 heterocycles. The fourth-order valence-electron chi connectivity index (χ4n) is 1.67. The summed E-state index contributed by atoms with van der Waals surface area (Å²) >= 11 is 0. The number of nitrogens with one attached hydrogen (secondary N) is 1. The average Bonchev–Trinajstić information content (AvgIpc) is 2.56. The molecular weight excluding hydrogens is 176 g/mol. The molecular formula is C11H14N2O. The summed E-state index contributed by atoms with van der Waals surface area (Å²) in [6.07, 6.45) is 0. The Morgan fingerprint density at radius 1 is 1.50 bits per heavy atom. The van der Waals surface area contributed by atoms with E-state index in [1.807, 2.05) is 32.0 Å². The van der Waals surface area contributed by atoms with Crippen LogP contribution in [0, 0.1) is 6.92 Å². The van der Waals surface area contributed by atoms with E-state index < -0.39 is 0 Å². The topological polar surface area (TPSA) is 48.9 Å². The van der Waals surface area contributed by atoms with Crippen molar-refractivity contribution in [1.82, 2.24) is 9.97 Å². The van der Waals surface area contributed by atoms with Gasteiger partial charge >= 0.3 is 0 Å². The van der Waals surface area contributed by atoms with Crippen molar-refractivity contribution in [3.63, 3.8) is 0 Å². The molecule has 0 aliphatic carbocycles. The maximum absolute atomic E-state index is 9.12. The van der Waals surface area contributed by atoms with Crippen LogP contribution in [0.5, 0.6) is 0 Å². The Morgan fingerprint density at radius 3 is 3.00 bits per heavy atom. The van der Waals surface area contributed by atoms with Crippen molar-refractivity contribution in [3.05, 3.63) is 29.6 Å². The van der Waals surface area contributed by atoms with Gasteiger partial charge in [-0.1, -0.05) is 19.1 Å². The van der Waals surface area contributed by atoms with Crippen LogP contribution in [0.2, 0.25) is 0 Å². The lowest BCUT2D eigenvalue weighted by molar-refractivity contribution is 0.273. The van der Waals surface area contributed by atoms with Gasteiger partial charge in [0.25, 0.3) is 0 Å². The van der Waals surface area contributed by atoms with Crippen molar-refractivity contribution < 1.29 is 5.11 Å². The van der Waals surface area contributed by atoms with Crippen molar-refractivity contribution in [3.8, 4) is 0 Å². The number of hydrogen-bond donors (Lipinski definition) is 2. The first-order valence-electron chi connectivity index (χ1n) is 4.78. The summed E-state index contributed by atoms with van der Waals surface area (Å²) in [5.74, 6) is 1.05. The number of fused-ring (bicyclic) bond motifs is 1. The van der Waals surface area contributed by atoms with Crippen LogP contribution in [-0.2, 0) is 0 Å². The highest BCUT2D eigenvalue weighted by atomic mass is 16.3. The number of aromatic nitrogens is 2. The van der Waals surface area contributed by atoms with Gasteiger partial charge < -0.3 is 10.1 Å². The van der Waals surface area contributed by atoms with E-state index in [1.54, 1.807) is 0 Å². The van der Waals surface area contributed by atoms with Gasteiger partial charge in [0.1, 0.15) is 5.82 Å². The molecule has 0 spiro atoms. The van der Waals surface area contributed by atoms with Crippen molar-refractivity contribution in [2.75, 3.05) is 6.61 Å². The molecule has 0 saturated heterocycles. The predicted octanol–water partition coefficient (Wildman–Crippen LogP) is 1.97. The fourth-order valence-corrected chi connectivity index (χ4v) is 1.67. The van der Waals surface area contributed by atoms with Crippen molar-refractivity contribution in [1.29, 1.82) is 0 Å². The number of hydrogen-bond acceptors (Lipinski definition) is 2. The first kappa shape index (κ1) is 9.21. The maximum Gasteiger partial charge on any atom is 0.104 e. The fraction of sp³-hybridized carbons (Fsp3) is 0.364. The van der Waals surface area contributed by atoms with E-state index >= 15 is 0 Å². The largest absolute Gasteiger partial charge is 0.396 e. The van der Waals surface area contributed by atoms with Gasteiger partial charge in [0, 0.05) is 12.5 Å². The van der Waals surface area contributed by atoms with Crippen molar-refractivity contribution in [2.24, 2.45) is 0 Å². The third kappa shape index (κ3) is 1.40. The first-order valence-corrected chi connectivity index (χ1v) is 4.78. The molecule has 1 aromatic heterocycles. The summed E-state index contributed by atoms with van der Waals surface area (Å²) in [4.78, 5) is 7.60. The maximum atomic E-state index is 9.12. The van der Waals surface area contributed by atoms with E-state index in [2.05, 4.69) is 9.97 Å². The van der Waals surface area contributed by atoms with Crippen LogP contribution in [0.25, 0.3) is 11.0 Å². The number of H-pyrrole nitrogens is 1. The molecule has 74 valence electrons. The molecule has 2 N–H and O–H groups in total. The summed E-state index contributed by atoms with van der Waals surface area (Å²) in [6.45, 7) is 4.09. The number of benzene rings is 1. The van der Waals surface area contributed by atoms with Crippen molar-refractivity contribution in [2.45, 2.75) is 19.8 Å². The smallest absolute Gasteiger partial charge is 0.104 e. The third-order valence-corrected chi connectivity index (χ3v) is 2.47. The molecule has 0 aliphatic rings. The lowest BCUT2D eigenvalue weighted by Gasteiger charge is -2.07. The van der Waals surface area contributed by atoms with Gasteiger partial charge in [-0.05, 0) is 18.6 Å². The molecule has 0 amide bonds. The zero-order valence-electron chi connectivity index (χ0n) is 8.41. The molecule has 0 saturated carbocycles. The van der Waals surface area contributed by atoms with Crippen LogP contribution in [-0.4, -0.2) is 21.7 Å². The summed E-state index contributed by atoms with van der Waals surface area (Å²) in [5.41, 5.74) is 3.13. The number of aliphatic hydroxyl groups is 1. The Bertz CT molecular complexity index is 447. The lowest BCUT2D eigenvalue weighted by atomic mass is 10.0. The van der Waals surface area contributed by atoms with Gasteiger partial charge in [0.05, 0.1) is 11.0 Å². The Hall–Kier alpha value is -1.35. The quantitative estimate of drug-likeness (QED) is 0.760. The van der Waals surface area contributed by atoms with Gasteiger partial charge in [-0.15, -0.1) is 0 Å². The summed E-state index contributed by atoms with van der Waals surface area (Å²) in [6, 6.07) is 6.01. The Kier molecular flexibility index (Phi) is 2.25. The molecule has 1 atom stereocenters. The predicted molar refractivity (Wildman–Crippen MR) is 56.3 cm³/mol. The molecule has 2 aromatic rings. The molecule has 0 aliphatic heterocycles. The average molecular weight is 190 g/mol. The lowest BCUT2D eigenvalue weighted by Crippen LogP contribution is -1.99. The molecule has 2 rings (SSSR count). The zero-order valence-corrected chi connectivity index (χ0v) is 8.41. The molecule has 1 unspecified atom stereocenters. The van der Waals surface area contributed by atoms with Gasteiger partial charge in [0.2, 0.25) is 0 Å². The van der Waals surface area contributed by atoms with Crippen LogP contribution >= 0.6 is 0 Å². The monoisotopic (exact) mass is 190 g/mol. The normalized spacial score (nSPS) is 13.4. The second kappa shape index (κ2) is 3.42. The Morgan fingerprint density at radius 2 is 2.29 bits per heavy atom. The van der Waals surface area contributed by atoms with E-state index in [9.17, 15) is 0 Å². The standard InChI is InChI=1S/C11H14N2O/c1-7(6-14)9-4-3-5-10-11(9)13-8(2)12-10/h3-5,7,14H,6H2,1-2H3,(H,12,13). The number of rotatable bonds is 2. The number of aryl methyl sites for hydroxylation is 1. The molecule has 1 aromatic carbocycles. The van der Waals surface area contributed by atoms with Crippen LogP contribution in [0.3, 0.4) is 0 Å². The van der Waals surface area contributed by atoms with Crippen LogP contribution in [0.4, 0.5) is 0 Å².